The van der Waals surface area contributed by atoms with Crippen LogP contribution >= 0.6 is 11.5 Å². The van der Waals surface area contributed by atoms with E-state index in [0.717, 1.165) is 28.5 Å². The van der Waals surface area contributed by atoms with Crippen LogP contribution in [-0.2, 0) is 4.79 Å². The molecule has 1 saturated carbocycles. The third-order valence-corrected chi connectivity index (χ3v) is 4.38. The molecule has 1 fully saturated rings. The minimum Gasteiger partial charge on any atom is -0.364 e. The number of rotatable bonds is 7. The fraction of sp³-hybridized carbons (Fsp3) is 0.357. The van der Waals surface area contributed by atoms with Gasteiger partial charge in [0.2, 0.25) is 0 Å². The number of hydrazine groups is 1. The fourth-order valence-corrected chi connectivity index (χ4v) is 2.80. The molecule has 0 saturated heterocycles. The second-order valence-electron chi connectivity index (χ2n) is 5.59. The lowest BCUT2D eigenvalue weighted by molar-refractivity contribution is -0.108. The van der Waals surface area contributed by atoms with Gasteiger partial charge in [-0.3, -0.25) is 9.80 Å². The first-order chi connectivity index (χ1) is 11.5. The molecule has 0 bridgehead atoms. The molecule has 24 heavy (non-hydrogen) atoms. The van der Waals surface area contributed by atoms with E-state index >= 15 is 0 Å². The molecule has 3 rings (SSSR count). The first-order valence-corrected chi connectivity index (χ1v) is 8.16. The van der Waals surface area contributed by atoms with E-state index in [9.17, 15) is 9.59 Å². The monoisotopic (exact) mass is 347 g/mol. The molecular weight excluding hydrogens is 330 g/mol. The van der Waals surface area contributed by atoms with Crippen molar-refractivity contribution in [1.82, 2.24) is 14.3 Å². The minimum absolute atomic E-state index is 0.00715. The quantitative estimate of drug-likeness (QED) is 0.381. The number of hydrogen-bond donors (Lipinski definition) is 3. The number of carbonyl (C=O) groups excluding carboxylic acids is 2. The average Bonchev–Trinajstić information content (AvgIpc) is 3.33. The predicted molar refractivity (Wildman–Crippen MR) is 90.1 cm³/mol. The number of nitrogens with two attached hydrogens (primary N) is 2. The highest BCUT2D eigenvalue weighted by Crippen LogP contribution is 2.41. The standard InChI is InChI=1S/C14H17N7O2S/c1-7(6-22)21(16)10-5-17-12(13(15)23)14(18-10)19-11-4-9(20-24-11)8-2-3-8/h4-8H,2-3,16H2,1H3,(H2,15,23)(H,18,19)/t7-/m1/s1. The lowest BCUT2D eigenvalue weighted by atomic mass is 10.3. The Morgan fingerprint density at radius 3 is 2.92 bits per heavy atom. The highest BCUT2D eigenvalue weighted by molar-refractivity contribution is 7.10. The van der Waals surface area contributed by atoms with Crippen molar-refractivity contribution in [2.24, 2.45) is 11.6 Å². The molecule has 0 unspecified atom stereocenters. The van der Waals surface area contributed by atoms with Crippen molar-refractivity contribution in [3.05, 3.63) is 23.7 Å². The zero-order valence-corrected chi connectivity index (χ0v) is 13.8. The maximum Gasteiger partial charge on any atom is 0.271 e. The predicted octanol–water partition coefficient (Wildman–Crippen LogP) is 0.920. The third kappa shape index (κ3) is 3.34. The van der Waals surface area contributed by atoms with Gasteiger partial charge in [0, 0.05) is 5.92 Å². The summed E-state index contributed by atoms with van der Waals surface area (Å²) in [7, 11) is 0. The largest absolute Gasteiger partial charge is 0.364 e. The van der Waals surface area contributed by atoms with Crippen LogP contribution in [0.3, 0.4) is 0 Å². The second-order valence-corrected chi connectivity index (χ2v) is 6.39. The zero-order valence-electron chi connectivity index (χ0n) is 13.0. The molecule has 1 atom stereocenters. The minimum atomic E-state index is -0.713. The summed E-state index contributed by atoms with van der Waals surface area (Å²) in [6.45, 7) is 1.62. The summed E-state index contributed by atoms with van der Waals surface area (Å²) in [4.78, 5) is 30.7. The highest BCUT2D eigenvalue weighted by Gasteiger charge is 2.26. The maximum atomic E-state index is 11.6. The molecule has 0 spiro atoms. The molecule has 10 heteroatoms. The number of nitrogens with one attached hydrogen (secondary N) is 1. The number of nitrogens with zero attached hydrogens (tertiary/aromatic N) is 4. The van der Waals surface area contributed by atoms with Crippen LogP contribution in [0.4, 0.5) is 16.6 Å². The van der Waals surface area contributed by atoms with Crippen molar-refractivity contribution >= 4 is 40.4 Å². The van der Waals surface area contributed by atoms with Gasteiger partial charge >= 0.3 is 0 Å². The van der Waals surface area contributed by atoms with E-state index < -0.39 is 11.9 Å². The molecule has 126 valence electrons. The molecule has 0 aromatic carbocycles. The second kappa shape index (κ2) is 6.49. The van der Waals surface area contributed by atoms with Crippen LogP contribution in [0.5, 0.6) is 0 Å². The van der Waals surface area contributed by atoms with Crippen LogP contribution in [0, 0.1) is 0 Å². The topological polar surface area (TPSA) is 140 Å². The number of anilines is 3. The van der Waals surface area contributed by atoms with Crippen molar-refractivity contribution in [2.75, 3.05) is 10.3 Å². The van der Waals surface area contributed by atoms with Gasteiger partial charge in [-0.2, -0.15) is 4.37 Å². The van der Waals surface area contributed by atoms with Gasteiger partial charge in [0.15, 0.2) is 17.3 Å². The van der Waals surface area contributed by atoms with Gasteiger partial charge in [0.1, 0.15) is 11.3 Å². The van der Waals surface area contributed by atoms with Crippen molar-refractivity contribution in [1.29, 1.82) is 0 Å². The molecule has 2 heterocycles. The van der Waals surface area contributed by atoms with E-state index in [-0.39, 0.29) is 17.3 Å². The van der Waals surface area contributed by atoms with Gasteiger partial charge in [0.25, 0.3) is 5.91 Å². The van der Waals surface area contributed by atoms with Gasteiger partial charge in [-0.25, -0.2) is 15.8 Å². The fourth-order valence-electron chi connectivity index (χ4n) is 2.08. The lowest BCUT2D eigenvalue weighted by Gasteiger charge is -2.21. The highest BCUT2D eigenvalue weighted by atomic mass is 32.1. The molecule has 1 aliphatic carbocycles. The summed E-state index contributed by atoms with van der Waals surface area (Å²) in [6.07, 6.45) is 4.28. The van der Waals surface area contributed by atoms with Crippen LogP contribution in [-0.4, -0.2) is 32.6 Å². The van der Waals surface area contributed by atoms with Crippen molar-refractivity contribution in [2.45, 2.75) is 31.7 Å². The molecule has 1 amide bonds. The normalized spacial score (nSPS) is 14.9. The molecule has 9 nitrogen and oxygen atoms in total. The van der Waals surface area contributed by atoms with E-state index in [1.165, 1.54) is 17.7 Å². The number of amides is 1. The maximum absolute atomic E-state index is 11.6. The molecule has 2 aromatic rings. The number of primary amides is 1. The lowest BCUT2D eigenvalue weighted by Crippen LogP contribution is -2.41. The molecular formula is C14H17N7O2S. The van der Waals surface area contributed by atoms with Gasteiger partial charge < -0.3 is 15.8 Å². The van der Waals surface area contributed by atoms with Crippen LogP contribution in [0.15, 0.2) is 12.3 Å². The third-order valence-electron chi connectivity index (χ3n) is 3.66. The van der Waals surface area contributed by atoms with E-state index in [4.69, 9.17) is 11.6 Å². The SMILES string of the molecule is C[C@H](C=O)N(N)c1cnc(C(N)=O)c(Nc2cc(C3CC3)ns2)n1. The van der Waals surface area contributed by atoms with Crippen LogP contribution in [0.2, 0.25) is 0 Å². The summed E-state index contributed by atoms with van der Waals surface area (Å²) < 4.78 is 4.38. The summed E-state index contributed by atoms with van der Waals surface area (Å²) in [5.41, 5.74) is 6.37. The number of hydrogen-bond acceptors (Lipinski definition) is 9. The Morgan fingerprint density at radius 1 is 1.54 bits per heavy atom. The van der Waals surface area contributed by atoms with Crippen molar-refractivity contribution in [3.8, 4) is 0 Å². The molecule has 5 N–H and O–H groups in total. The van der Waals surface area contributed by atoms with Gasteiger partial charge in [-0.1, -0.05) is 0 Å². The summed E-state index contributed by atoms with van der Waals surface area (Å²) in [6, 6.07) is 1.34. The van der Waals surface area contributed by atoms with Crippen molar-refractivity contribution in [3.63, 3.8) is 0 Å². The first-order valence-electron chi connectivity index (χ1n) is 7.39. The zero-order chi connectivity index (χ0) is 17.3. The van der Waals surface area contributed by atoms with Crippen LogP contribution < -0.4 is 21.9 Å². The average molecular weight is 347 g/mol. The van der Waals surface area contributed by atoms with Gasteiger partial charge in [0.05, 0.1) is 17.9 Å². The molecule has 2 aromatic heterocycles. The van der Waals surface area contributed by atoms with Crippen molar-refractivity contribution < 1.29 is 9.59 Å². The van der Waals surface area contributed by atoms with Gasteiger partial charge in [-0.15, -0.1) is 0 Å². The van der Waals surface area contributed by atoms with E-state index in [0.29, 0.717) is 12.2 Å². The summed E-state index contributed by atoms with van der Waals surface area (Å²) in [5, 5.41) is 4.92. The van der Waals surface area contributed by atoms with Crippen LogP contribution in [0.25, 0.3) is 0 Å². The summed E-state index contributed by atoms with van der Waals surface area (Å²) in [5.74, 6) is 6.07. The number of aromatic nitrogens is 3. The Bertz CT molecular complexity index is 774. The van der Waals surface area contributed by atoms with Gasteiger partial charge in [-0.05, 0) is 37.4 Å². The first kappa shape index (κ1) is 16.3. The van der Waals surface area contributed by atoms with Crippen LogP contribution in [0.1, 0.15) is 41.9 Å². The molecule has 0 aliphatic heterocycles. The van der Waals surface area contributed by atoms with E-state index in [1.54, 1.807) is 6.92 Å². The Balaban J connectivity index is 1.90. The molecule has 0 radical (unpaired) electrons. The summed E-state index contributed by atoms with van der Waals surface area (Å²) >= 11 is 1.28. The smallest absolute Gasteiger partial charge is 0.271 e. The number of carbonyl (C=O) groups is 2. The Kier molecular flexibility index (Phi) is 4.40. The Labute approximate surface area is 142 Å². The van der Waals surface area contributed by atoms with E-state index in [1.807, 2.05) is 6.07 Å². The molecule has 1 aliphatic rings. The Hall–Kier alpha value is -2.59. The Morgan fingerprint density at radius 2 is 2.29 bits per heavy atom. The van der Waals surface area contributed by atoms with E-state index in [2.05, 4.69) is 19.7 Å². The number of aldehydes is 1.